The summed E-state index contributed by atoms with van der Waals surface area (Å²) in [4.78, 5) is 12.0. The van der Waals surface area contributed by atoms with Crippen LogP contribution in [0.15, 0.2) is 30.5 Å². The third-order valence-electron chi connectivity index (χ3n) is 3.04. The molecule has 3 N–H and O–H groups in total. The molecule has 124 valence electrons. The minimum atomic E-state index is -0.601. The van der Waals surface area contributed by atoms with Gasteiger partial charge in [0.15, 0.2) is 0 Å². The first-order valence-corrected chi connectivity index (χ1v) is 7.17. The van der Waals surface area contributed by atoms with Crippen LogP contribution >= 0.6 is 0 Å². The van der Waals surface area contributed by atoms with Gasteiger partial charge in [0, 0.05) is 12.1 Å². The molecule has 0 fully saturated rings. The molecule has 0 aromatic heterocycles. The minimum absolute atomic E-state index is 0.378. The summed E-state index contributed by atoms with van der Waals surface area (Å²) in [6.07, 6.45) is -0.184. The number of hydrogen-bond acceptors (Lipinski definition) is 5. The molecule has 0 aliphatic carbocycles. The lowest BCUT2D eigenvalue weighted by Crippen LogP contribution is -2.41. The van der Waals surface area contributed by atoms with Gasteiger partial charge in [-0.1, -0.05) is 12.6 Å². The molecule has 0 aliphatic heterocycles. The van der Waals surface area contributed by atoms with Crippen LogP contribution in [0.2, 0.25) is 0 Å². The van der Waals surface area contributed by atoms with Crippen LogP contribution < -0.4 is 11.1 Å². The highest BCUT2D eigenvalue weighted by Crippen LogP contribution is 2.18. The Kier molecular flexibility index (Phi) is 6.02. The number of nitriles is 1. The van der Waals surface area contributed by atoms with Crippen molar-refractivity contribution in [3.8, 4) is 6.07 Å². The number of hydrogen-bond donors (Lipinski definition) is 2. The largest absolute Gasteiger partial charge is 0.500 e. The summed E-state index contributed by atoms with van der Waals surface area (Å²) in [6, 6.07) is 6.55. The second-order valence-corrected chi connectivity index (χ2v) is 6.10. The number of nitrogens with two attached hydrogens (primary N) is 1. The molecular weight excluding hydrogens is 294 g/mol. The van der Waals surface area contributed by atoms with E-state index in [0.717, 1.165) is 5.56 Å². The van der Waals surface area contributed by atoms with Crippen molar-refractivity contribution in [1.29, 1.82) is 5.26 Å². The van der Waals surface area contributed by atoms with Gasteiger partial charge in [-0.2, -0.15) is 5.26 Å². The van der Waals surface area contributed by atoms with Crippen LogP contribution in [0, 0.1) is 11.3 Å². The number of methoxy groups -OCH3 is 1. The van der Waals surface area contributed by atoms with E-state index in [1.807, 2.05) is 6.07 Å². The predicted octanol–water partition coefficient (Wildman–Crippen LogP) is 2.74. The zero-order valence-corrected chi connectivity index (χ0v) is 14.0. The summed E-state index contributed by atoms with van der Waals surface area (Å²) < 4.78 is 10.4. The first-order valence-electron chi connectivity index (χ1n) is 7.17. The van der Waals surface area contributed by atoms with E-state index in [0.29, 0.717) is 23.4 Å². The average Bonchev–Trinajstić information content (AvgIpc) is 2.45. The van der Waals surface area contributed by atoms with Crippen molar-refractivity contribution >= 4 is 11.8 Å². The van der Waals surface area contributed by atoms with E-state index in [9.17, 15) is 4.79 Å². The van der Waals surface area contributed by atoms with E-state index >= 15 is 0 Å². The number of nitrogens with zero attached hydrogens (tertiary/aromatic N) is 1. The van der Waals surface area contributed by atoms with Crippen molar-refractivity contribution in [3.63, 3.8) is 0 Å². The monoisotopic (exact) mass is 317 g/mol. The molecule has 0 unspecified atom stereocenters. The third kappa shape index (κ3) is 5.91. The van der Waals surface area contributed by atoms with Gasteiger partial charge in [0.05, 0.1) is 24.8 Å². The van der Waals surface area contributed by atoms with E-state index in [1.165, 1.54) is 7.11 Å². The van der Waals surface area contributed by atoms with Crippen LogP contribution in [0.5, 0.6) is 0 Å². The van der Waals surface area contributed by atoms with Crippen LogP contribution in [0.3, 0.4) is 0 Å². The average molecular weight is 317 g/mol. The zero-order chi connectivity index (χ0) is 17.6. The number of rotatable bonds is 5. The van der Waals surface area contributed by atoms with Crippen molar-refractivity contribution in [2.45, 2.75) is 38.8 Å². The Balaban J connectivity index is 2.90. The Morgan fingerprint density at radius 2 is 2.13 bits per heavy atom. The summed E-state index contributed by atoms with van der Waals surface area (Å²) >= 11 is 0. The lowest BCUT2D eigenvalue weighted by Gasteiger charge is -2.24. The molecule has 0 saturated carbocycles. The maximum atomic E-state index is 12.0. The van der Waals surface area contributed by atoms with Crippen LogP contribution in [0.4, 0.5) is 10.5 Å². The second kappa shape index (κ2) is 7.54. The van der Waals surface area contributed by atoms with Gasteiger partial charge in [-0.05, 0) is 38.5 Å². The molecule has 0 radical (unpaired) electrons. The Morgan fingerprint density at radius 3 is 2.61 bits per heavy atom. The highest BCUT2D eigenvalue weighted by molar-refractivity contribution is 5.68. The molecular formula is C17H23N3O3. The van der Waals surface area contributed by atoms with Crippen LogP contribution in [-0.4, -0.2) is 24.8 Å². The molecule has 0 heterocycles. The number of nitrogens with one attached hydrogen (secondary N) is 1. The molecule has 0 saturated heterocycles. The molecule has 0 spiro atoms. The summed E-state index contributed by atoms with van der Waals surface area (Å²) in [6.45, 7) is 9.15. The second-order valence-electron chi connectivity index (χ2n) is 6.10. The number of alkyl carbamates (subject to hydrolysis) is 1. The third-order valence-corrected chi connectivity index (χ3v) is 3.04. The molecule has 1 aromatic rings. The first-order chi connectivity index (χ1) is 10.7. The fourth-order valence-electron chi connectivity index (χ4n) is 1.91. The SMILES string of the molecule is C=C(OC)[C@@H](Cc1ccc(C#N)cc1N)NC(=O)OC(C)(C)C. The number of nitrogen functional groups attached to an aromatic ring is 1. The van der Waals surface area contributed by atoms with Crippen molar-refractivity contribution < 1.29 is 14.3 Å². The van der Waals surface area contributed by atoms with Crippen LogP contribution in [-0.2, 0) is 15.9 Å². The van der Waals surface area contributed by atoms with Crippen molar-refractivity contribution in [2.75, 3.05) is 12.8 Å². The van der Waals surface area contributed by atoms with Crippen molar-refractivity contribution in [2.24, 2.45) is 0 Å². The molecule has 23 heavy (non-hydrogen) atoms. The molecule has 1 aromatic carbocycles. The van der Waals surface area contributed by atoms with E-state index in [2.05, 4.69) is 11.9 Å². The number of carbonyl (C=O) groups is 1. The standard InChI is InChI=1S/C17H23N3O3/c1-11(22-5)15(20-16(21)23-17(2,3)4)9-13-7-6-12(10-18)8-14(13)19/h6-8,15H,1,9,19H2,2-5H3,(H,20,21)/t15-/m1/s1. The Bertz CT molecular complexity index is 627. The summed E-state index contributed by atoms with van der Waals surface area (Å²) in [5, 5.41) is 11.6. The fourth-order valence-corrected chi connectivity index (χ4v) is 1.91. The van der Waals surface area contributed by atoms with Gasteiger partial charge in [0.2, 0.25) is 0 Å². The van der Waals surface area contributed by atoms with Gasteiger partial charge in [-0.25, -0.2) is 4.79 Å². The van der Waals surface area contributed by atoms with E-state index in [1.54, 1.807) is 39.0 Å². The predicted molar refractivity (Wildman–Crippen MR) is 88.6 cm³/mol. The van der Waals surface area contributed by atoms with Gasteiger partial charge in [-0.3, -0.25) is 0 Å². The molecule has 1 atom stereocenters. The number of carbonyl (C=O) groups excluding carboxylic acids is 1. The Hall–Kier alpha value is -2.68. The lowest BCUT2D eigenvalue weighted by atomic mass is 10.0. The van der Waals surface area contributed by atoms with Gasteiger partial charge < -0.3 is 20.5 Å². The molecule has 0 bridgehead atoms. The highest BCUT2D eigenvalue weighted by atomic mass is 16.6. The summed E-state index contributed by atoms with van der Waals surface area (Å²) in [7, 11) is 1.48. The van der Waals surface area contributed by atoms with E-state index < -0.39 is 17.7 Å². The van der Waals surface area contributed by atoms with E-state index in [4.69, 9.17) is 20.5 Å². The topological polar surface area (TPSA) is 97.4 Å². The molecule has 0 aliphatic rings. The van der Waals surface area contributed by atoms with Crippen molar-refractivity contribution in [3.05, 3.63) is 41.7 Å². The number of anilines is 1. The van der Waals surface area contributed by atoms with Gasteiger partial charge >= 0.3 is 6.09 Å². The maximum absolute atomic E-state index is 12.0. The maximum Gasteiger partial charge on any atom is 0.408 e. The smallest absolute Gasteiger partial charge is 0.408 e. The Morgan fingerprint density at radius 1 is 1.48 bits per heavy atom. The van der Waals surface area contributed by atoms with Gasteiger partial charge in [0.25, 0.3) is 0 Å². The minimum Gasteiger partial charge on any atom is -0.500 e. The van der Waals surface area contributed by atoms with E-state index in [-0.39, 0.29) is 0 Å². The molecule has 6 heteroatoms. The normalized spacial score (nSPS) is 12.0. The summed E-state index contributed by atoms with van der Waals surface area (Å²) in [5.74, 6) is 0.389. The number of amides is 1. The molecule has 1 amide bonds. The summed E-state index contributed by atoms with van der Waals surface area (Å²) in [5.41, 5.74) is 7.09. The molecule has 6 nitrogen and oxygen atoms in total. The zero-order valence-electron chi connectivity index (χ0n) is 14.0. The number of benzene rings is 1. The van der Waals surface area contributed by atoms with Gasteiger partial charge in [-0.15, -0.1) is 0 Å². The van der Waals surface area contributed by atoms with Gasteiger partial charge in [0.1, 0.15) is 11.4 Å². The number of ether oxygens (including phenoxy) is 2. The highest BCUT2D eigenvalue weighted by Gasteiger charge is 2.22. The molecule has 1 rings (SSSR count). The fraction of sp³-hybridized carbons (Fsp3) is 0.412. The first kappa shape index (κ1) is 18.4. The lowest BCUT2D eigenvalue weighted by molar-refractivity contribution is 0.0497. The quantitative estimate of drug-likeness (QED) is 0.643. The van der Waals surface area contributed by atoms with Crippen LogP contribution in [0.1, 0.15) is 31.9 Å². The van der Waals surface area contributed by atoms with Crippen LogP contribution in [0.25, 0.3) is 0 Å². The van der Waals surface area contributed by atoms with Crippen molar-refractivity contribution in [1.82, 2.24) is 5.32 Å². The Labute approximate surface area is 136 Å².